The predicted molar refractivity (Wildman–Crippen MR) is 113 cm³/mol. The molecule has 30 heavy (non-hydrogen) atoms. The lowest BCUT2D eigenvalue weighted by molar-refractivity contribution is -0.147. The van der Waals surface area contributed by atoms with Crippen molar-refractivity contribution in [2.45, 2.75) is 41.5 Å². The van der Waals surface area contributed by atoms with Gasteiger partial charge in [-0.2, -0.15) is 0 Å². The highest BCUT2D eigenvalue weighted by Crippen LogP contribution is 2.54. The molecule has 3 heterocycles. The Morgan fingerprint density at radius 2 is 1.90 bits per heavy atom. The highest BCUT2D eigenvalue weighted by atomic mass is 35.5. The van der Waals surface area contributed by atoms with E-state index in [9.17, 15) is 20.4 Å². The van der Waals surface area contributed by atoms with Crippen LogP contribution in [0.2, 0.25) is 5.02 Å². The molecule has 158 valence electrons. The Bertz CT molecular complexity index is 1070. The minimum atomic E-state index is -1.44. The maximum absolute atomic E-state index is 10.8. The second-order valence-corrected chi connectivity index (χ2v) is 9.60. The maximum atomic E-state index is 10.8. The first kappa shape index (κ1) is 20.3. The molecule has 5 atom stereocenters. The molecular weight excluding hydrogens is 428 g/mol. The molecule has 2 unspecified atom stereocenters. The van der Waals surface area contributed by atoms with Gasteiger partial charge in [0.05, 0.1) is 24.6 Å². The molecule has 2 aliphatic rings. The summed E-state index contributed by atoms with van der Waals surface area (Å²) in [5, 5.41) is 41.9. The molecule has 8 heteroatoms. The van der Waals surface area contributed by atoms with Crippen LogP contribution in [-0.2, 0) is 22.7 Å². The number of hydrogen-bond donors (Lipinski definition) is 4. The van der Waals surface area contributed by atoms with E-state index in [1.165, 1.54) is 0 Å². The number of aliphatic hydroxyl groups is 4. The number of rotatable bonds is 3. The molecule has 0 radical (unpaired) electrons. The first-order chi connectivity index (χ1) is 14.4. The van der Waals surface area contributed by atoms with Crippen LogP contribution in [0.3, 0.4) is 0 Å². The zero-order valence-electron chi connectivity index (χ0n) is 15.9. The first-order valence-corrected chi connectivity index (χ1v) is 10.9. The van der Waals surface area contributed by atoms with Crippen LogP contribution in [0.4, 0.5) is 0 Å². The van der Waals surface area contributed by atoms with Crippen molar-refractivity contribution in [3.8, 4) is 0 Å². The Morgan fingerprint density at radius 3 is 2.67 bits per heavy atom. The number of para-hydroxylation sites is 1. The van der Waals surface area contributed by atoms with E-state index in [4.69, 9.17) is 20.8 Å². The molecule has 4 N–H and O–H groups in total. The van der Waals surface area contributed by atoms with E-state index in [-0.39, 0.29) is 13.2 Å². The third kappa shape index (κ3) is 3.08. The third-order valence-electron chi connectivity index (χ3n) is 5.88. The first-order valence-electron chi connectivity index (χ1n) is 9.69. The number of fused-ring (bicyclic) bond motifs is 3. The molecule has 5 rings (SSSR count). The van der Waals surface area contributed by atoms with Crippen molar-refractivity contribution >= 4 is 34.3 Å². The molecule has 3 aromatic rings. The monoisotopic (exact) mass is 448 g/mol. The van der Waals surface area contributed by atoms with E-state index in [0.717, 1.165) is 39.6 Å². The summed E-state index contributed by atoms with van der Waals surface area (Å²) in [6.07, 6.45) is -3.60. The van der Waals surface area contributed by atoms with Gasteiger partial charge < -0.3 is 29.6 Å². The van der Waals surface area contributed by atoms with E-state index >= 15 is 0 Å². The topological polar surface area (TPSA) is 103 Å². The van der Waals surface area contributed by atoms with Gasteiger partial charge in [-0.25, -0.2) is 0 Å². The van der Waals surface area contributed by atoms with Crippen molar-refractivity contribution in [2.75, 3.05) is 6.61 Å². The average molecular weight is 449 g/mol. The molecular formula is C22H21ClO6S. The molecule has 6 nitrogen and oxygen atoms in total. The average Bonchev–Trinajstić information content (AvgIpc) is 3.31. The van der Waals surface area contributed by atoms with Gasteiger partial charge in [0, 0.05) is 22.4 Å². The highest BCUT2D eigenvalue weighted by molar-refractivity contribution is 8.00. The molecule has 1 aromatic heterocycles. The molecule has 1 saturated heterocycles. The van der Waals surface area contributed by atoms with E-state index in [1.807, 2.05) is 42.5 Å². The van der Waals surface area contributed by atoms with Gasteiger partial charge in [-0.3, -0.25) is 0 Å². The summed E-state index contributed by atoms with van der Waals surface area (Å²) in [4.78, 5) is -1.28. The molecule has 0 saturated carbocycles. The number of furan rings is 1. The number of thioether (sulfide) groups is 1. The Hall–Kier alpha value is -1.58. The third-order valence-corrected chi connectivity index (χ3v) is 7.89. The Kier molecular flexibility index (Phi) is 5.10. The van der Waals surface area contributed by atoms with Crippen LogP contribution < -0.4 is 0 Å². The second kappa shape index (κ2) is 7.53. The lowest BCUT2D eigenvalue weighted by Gasteiger charge is -2.45. The molecule has 1 fully saturated rings. The minimum absolute atomic E-state index is 0.213. The Labute approximate surface area is 182 Å². The fourth-order valence-corrected chi connectivity index (χ4v) is 6.10. The van der Waals surface area contributed by atoms with Crippen molar-refractivity contribution in [2.24, 2.45) is 0 Å². The van der Waals surface area contributed by atoms with Gasteiger partial charge in [0.25, 0.3) is 0 Å². The van der Waals surface area contributed by atoms with Crippen LogP contribution in [-0.4, -0.2) is 50.6 Å². The van der Waals surface area contributed by atoms with Gasteiger partial charge in [-0.15, -0.1) is 11.8 Å². The van der Waals surface area contributed by atoms with E-state index in [0.29, 0.717) is 17.0 Å². The van der Waals surface area contributed by atoms with Crippen molar-refractivity contribution in [1.82, 2.24) is 0 Å². The second-order valence-electron chi connectivity index (χ2n) is 7.75. The molecule has 2 aromatic carbocycles. The largest absolute Gasteiger partial charge is 0.461 e. The summed E-state index contributed by atoms with van der Waals surface area (Å²) in [6.45, 7) is -0.138. The van der Waals surface area contributed by atoms with Gasteiger partial charge in [0.15, 0.2) is 4.93 Å². The summed E-state index contributed by atoms with van der Waals surface area (Å²) >= 11 is 7.66. The zero-order valence-corrected chi connectivity index (χ0v) is 17.4. The minimum Gasteiger partial charge on any atom is -0.461 e. The molecule has 0 amide bonds. The molecule has 2 aliphatic heterocycles. The SMILES string of the molecule is OCC1S[C@]2(OCc3cc(Cl)c(Cc4cc5ccccc5o4)cc32)[C@H](O)C(O)[C@@H]1O. The quantitative estimate of drug-likeness (QED) is 0.488. The summed E-state index contributed by atoms with van der Waals surface area (Å²) in [5.41, 5.74) is 3.10. The number of aliphatic hydroxyl groups excluding tert-OH is 4. The highest BCUT2D eigenvalue weighted by Gasteiger charge is 2.57. The summed E-state index contributed by atoms with van der Waals surface area (Å²) in [5.74, 6) is 0.756. The number of ether oxygens (including phenoxy) is 1. The Morgan fingerprint density at radius 1 is 1.10 bits per heavy atom. The van der Waals surface area contributed by atoms with E-state index in [2.05, 4.69) is 0 Å². The lowest BCUT2D eigenvalue weighted by atomic mass is 9.91. The predicted octanol–water partition coefficient (Wildman–Crippen LogP) is 2.55. The maximum Gasteiger partial charge on any atom is 0.168 e. The van der Waals surface area contributed by atoms with Gasteiger partial charge >= 0.3 is 0 Å². The van der Waals surface area contributed by atoms with Gasteiger partial charge in [0.2, 0.25) is 0 Å². The fraction of sp³-hybridized carbons (Fsp3) is 0.364. The molecule has 0 bridgehead atoms. The van der Waals surface area contributed by atoms with Gasteiger partial charge in [-0.05, 0) is 35.4 Å². The van der Waals surface area contributed by atoms with Crippen LogP contribution in [0.15, 0.2) is 46.9 Å². The number of halogens is 1. The van der Waals surface area contributed by atoms with Crippen LogP contribution >= 0.6 is 23.4 Å². The standard InChI is InChI=1S/C22H21ClO6S/c23-16-8-13-10-28-22(21(27)20(26)19(25)18(9-24)30-22)15(13)7-12(16)6-14-5-11-3-1-2-4-17(11)29-14/h1-5,7-8,18-21,24-27H,6,9-10H2/t18?,19-,20?,21-,22+/m1/s1. The van der Waals surface area contributed by atoms with Crippen LogP contribution in [0.1, 0.15) is 22.5 Å². The van der Waals surface area contributed by atoms with Crippen LogP contribution in [0, 0.1) is 0 Å². The van der Waals surface area contributed by atoms with E-state index < -0.39 is 28.5 Å². The van der Waals surface area contributed by atoms with Gasteiger partial charge in [0.1, 0.15) is 23.6 Å². The number of hydrogen-bond acceptors (Lipinski definition) is 7. The van der Waals surface area contributed by atoms with Gasteiger partial charge in [-0.1, -0.05) is 29.8 Å². The molecule has 0 aliphatic carbocycles. The summed E-state index contributed by atoms with van der Waals surface area (Å²) in [6, 6.07) is 13.4. The van der Waals surface area contributed by atoms with Crippen molar-refractivity contribution < 1.29 is 29.6 Å². The fourth-order valence-electron chi connectivity index (χ4n) is 4.30. The summed E-state index contributed by atoms with van der Waals surface area (Å²) < 4.78 is 11.9. The number of benzene rings is 2. The van der Waals surface area contributed by atoms with Crippen molar-refractivity contribution in [3.05, 3.63) is 69.9 Å². The normalized spacial score (nSPS) is 30.8. The van der Waals surface area contributed by atoms with Crippen molar-refractivity contribution in [3.63, 3.8) is 0 Å². The molecule has 1 spiro atoms. The Balaban J connectivity index is 1.54. The zero-order chi connectivity index (χ0) is 21.0. The van der Waals surface area contributed by atoms with Crippen molar-refractivity contribution in [1.29, 1.82) is 0 Å². The smallest absolute Gasteiger partial charge is 0.168 e. The van der Waals surface area contributed by atoms with Crippen LogP contribution in [0.25, 0.3) is 11.0 Å². The lowest BCUT2D eigenvalue weighted by Crippen LogP contribution is -2.58. The summed E-state index contributed by atoms with van der Waals surface area (Å²) in [7, 11) is 0. The van der Waals surface area contributed by atoms with E-state index in [1.54, 1.807) is 0 Å². The van der Waals surface area contributed by atoms with Crippen LogP contribution in [0.5, 0.6) is 0 Å².